The minimum absolute atomic E-state index is 0.233. The lowest BCUT2D eigenvalue weighted by molar-refractivity contribution is 0.0528. The number of aromatic nitrogens is 2. The van der Waals surface area contributed by atoms with E-state index in [-0.39, 0.29) is 6.10 Å². The van der Waals surface area contributed by atoms with E-state index in [1.807, 2.05) is 13.0 Å². The highest BCUT2D eigenvalue weighted by atomic mass is 16.5. The van der Waals surface area contributed by atoms with Crippen LogP contribution in [0.2, 0.25) is 0 Å². The summed E-state index contributed by atoms with van der Waals surface area (Å²) < 4.78 is 11.0. The summed E-state index contributed by atoms with van der Waals surface area (Å²) >= 11 is 0. The fourth-order valence-electron chi connectivity index (χ4n) is 2.27. The summed E-state index contributed by atoms with van der Waals surface area (Å²) in [7, 11) is 0. The first-order valence-electron chi connectivity index (χ1n) is 7.79. The number of hydrogen-bond donors (Lipinski definition) is 1. The maximum absolute atomic E-state index is 5.59. The fourth-order valence-corrected chi connectivity index (χ4v) is 2.27. The minimum Gasteiger partial charge on any atom is -0.375 e. The van der Waals surface area contributed by atoms with Gasteiger partial charge in [-0.3, -0.25) is 0 Å². The van der Waals surface area contributed by atoms with Gasteiger partial charge in [-0.05, 0) is 20.3 Å². The van der Waals surface area contributed by atoms with Gasteiger partial charge in [-0.15, -0.1) is 0 Å². The molecule has 1 aliphatic rings. The minimum atomic E-state index is 0.233. The van der Waals surface area contributed by atoms with Crippen molar-refractivity contribution in [1.29, 1.82) is 0 Å². The maximum Gasteiger partial charge on any atom is 0.158 e. The molecule has 6 nitrogen and oxygen atoms in total. The van der Waals surface area contributed by atoms with Gasteiger partial charge in [0.05, 0.1) is 12.7 Å². The average Bonchev–Trinajstić information content (AvgIpc) is 2.50. The van der Waals surface area contributed by atoms with Gasteiger partial charge in [0.15, 0.2) is 5.82 Å². The Morgan fingerprint density at radius 1 is 1.43 bits per heavy atom. The Labute approximate surface area is 126 Å². The number of nitrogens with one attached hydrogen (secondary N) is 1. The fraction of sp³-hybridized carbons (Fsp3) is 0.733. The second kappa shape index (κ2) is 8.14. The Bertz CT molecular complexity index is 415. The number of morpholine rings is 1. The van der Waals surface area contributed by atoms with Gasteiger partial charge in [0.1, 0.15) is 18.2 Å². The van der Waals surface area contributed by atoms with Crippen LogP contribution >= 0.6 is 0 Å². The van der Waals surface area contributed by atoms with E-state index >= 15 is 0 Å². The first kappa shape index (κ1) is 16.0. The molecule has 118 valence electrons. The molecule has 1 aromatic heterocycles. The molecule has 1 saturated heterocycles. The van der Waals surface area contributed by atoms with Crippen LogP contribution in [0.15, 0.2) is 6.07 Å². The molecular formula is C15H26N4O2. The van der Waals surface area contributed by atoms with Crippen molar-refractivity contribution in [2.45, 2.75) is 39.9 Å². The lowest BCUT2D eigenvalue weighted by Gasteiger charge is -2.32. The number of hydrogen-bond acceptors (Lipinski definition) is 6. The van der Waals surface area contributed by atoms with Crippen molar-refractivity contribution < 1.29 is 9.47 Å². The number of rotatable bonds is 7. The third kappa shape index (κ3) is 4.82. The Balaban J connectivity index is 2.16. The van der Waals surface area contributed by atoms with Gasteiger partial charge in [-0.25, -0.2) is 9.97 Å². The van der Waals surface area contributed by atoms with Crippen LogP contribution < -0.4 is 10.2 Å². The van der Waals surface area contributed by atoms with Crippen LogP contribution in [-0.4, -0.2) is 48.9 Å². The molecule has 1 unspecified atom stereocenters. The van der Waals surface area contributed by atoms with E-state index in [2.05, 4.69) is 34.0 Å². The van der Waals surface area contributed by atoms with Crippen molar-refractivity contribution in [3.8, 4) is 0 Å². The predicted molar refractivity (Wildman–Crippen MR) is 83.8 cm³/mol. The van der Waals surface area contributed by atoms with Crippen molar-refractivity contribution in [2.75, 3.05) is 43.1 Å². The molecule has 2 rings (SSSR count). The Kier molecular flexibility index (Phi) is 6.20. The van der Waals surface area contributed by atoms with E-state index < -0.39 is 0 Å². The lowest BCUT2D eigenvalue weighted by Crippen LogP contribution is -2.41. The van der Waals surface area contributed by atoms with E-state index in [9.17, 15) is 0 Å². The standard InChI is InChI=1S/C15H26N4O2/c1-4-6-16-13-9-15(18-14(17-13)11-20-5-2)19-7-8-21-12(3)10-19/h9,12H,4-8,10-11H2,1-3H3,(H,16,17,18). The Morgan fingerprint density at radius 3 is 3.00 bits per heavy atom. The molecule has 1 N–H and O–H groups in total. The molecule has 0 aromatic carbocycles. The van der Waals surface area contributed by atoms with Crippen LogP contribution in [0.5, 0.6) is 0 Å². The average molecular weight is 294 g/mol. The smallest absolute Gasteiger partial charge is 0.158 e. The van der Waals surface area contributed by atoms with E-state index in [1.54, 1.807) is 0 Å². The van der Waals surface area contributed by atoms with Crippen LogP contribution in [0, 0.1) is 0 Å². The molecule has 2 heterocycles. The summed E-state index contributed by atoms with van der Waals surface area (Å²) in [6.07, 6.45) is 1.30. The number of ether oxygens (including phenoxy) is 2. The monoisotopic (exact) mass is 294 g/mol. The molecule has 1 atom stereocenters. The predicted octanol–water partition coefficient (Wildman–Crippen LogP) is 2.06. The van der Waals surface area contributed by atoms with Crippen LogP contribution in [0.4, 0.5) is 11.6 Å². The SMILES string of the molecule is CCCNc1cc(N2CCOC(C)C2)nc(COCC)n1. The zero-order valence-electron chi connectivity index (χ0n) is 13.3. The van der Waals surface area contributed by atoms with Crippen LogP contribution in [0.1, 0.15) is 33.0 Å². The Morgan fingerprint density at radius 2 is 2.29 bits per heavy atom. The van der Waals surface area contributed by atoms with Gasteiger partial charge in [-0.1, -0.05) is 6.92 Å². The molecule has 0 bridgehead atoms. The van der Waals surface area contributed by atoms with E-state index in [0.717, 1.165) is 50.1 Å². The summed E-state index contributed by atoms with van der Waals surface area (Å²) in [5.41, 5.74) is 0. The largest absolute Gasteiger partial charge is 0.375 e. The zero-order chi connectivity index (χ0) is 15.1. The second-order valence-corrected chi connectivity index (χ2v) is 5.22. The summed E-state index contributed by atoms with van der Waals surface area (Å²) in [5, 5.41) is 3.34. The van der Waals surface area contributed by atoms with Gasteiger partial charge in [-0.2, -0.15) is 0 Å². The van der Waals surface area contributed by atoms with E-state index in [4.69, 9.17) is 9.47 Å². The third-order valence-electron chi connectivity index (χ3n) is 3.32. The highest BCUT2D eigenvalue weighted by Gasteiger charge is 2.19. The van der Waals surface area contributed by atoms with Crippen molar-refractivity contribution in [3.63, 3.8) is 0 Å². The quantitative estimate of drug-likeness (QED) is 0.830. The summed E-state index contributed by atoms with van der Waals surface area (Å²) in [5.74, 6) is 2.55. The molecule has 1 aliphatic heterocycles. The lowest BCUT2D eigenvalue weighted by atomic mass is 10.3. The van der Waals surface area contributed by atoms with Crippen LogP contribution in [-0.2, 0) is 16.1 Å². The molecule has 0 aliphatic carbocycles. The van der Waals surface area contributed by atoms with Crippen LogP contribution in [0.25, 0.3) is 0 Å². The van der Waals surface area contributed by atoms with Gasteiger partial charge in [0.25, 0.3) is 0 Å². The molecular weight excluding hydrogens is 268 g/mol. The maximum atomic E-state index is 5.59. The molecule has 0 radical (unpaired) electrons. The van der Waals surface area contributed by atoms with Gasteiger partial charge in [0.2, 0.25) is 0 Å². The molecule has 1 fully saturated rings. The normalized spacial score (nSPS) is 18.8. The van der Waals surface area contributed by atoms with Crippen molar-refractivity contribution in [2.24, 2.45) is 0 Å². The zero-order valence-corrected chi connectivity index (χ0v) is 13.3. The molecule has 1 aromatic rings. The Hall–Kier alpha value is -1.40. The first-order valence-corrected chi connectivity index (χ1v) is 7.79. The summed E-state index contributed by atoms with van der Waals surface area (Å²) in [6.45, 7) is 10.7. The van der Waals surface area contributed by atoms with Crippen molar-refractivity contribution >= 4 is 11.6 Å². The summed E-state index contributed by atoms with van der Waals surface area (Å²) in [4.78, 5) is 11.4. The molecule has 0 saturated carbocycles. The first-order chi connectivity index (χ1) is 10.2. The summed E-state index contributed by atoms with van der Waals surface area (Å²) in [6, 6.07) is 2.02. The molecule has 21 heavy (non-hydrogen) atoms. The van der Waals surface area contributed by atoms with Crippen LogP contribution in [0.3, 0.4) is 0 Å². The van der Waals surface area contributed by atoms with Gasteiger partial charge < -0.3 is 19.7 Å². The highest BCUT2D eigenvalue weighted by Crippen LogP contribution is 2.19. The van der Waals surface area contributed by atoms with Crippen molar-refractivity contribution in [1.82, 2.24) is 9.97 Å². The molecule has 0 amide bonds. The number of nitrogens with zero attached hydrogens (tertiary/aromatic N) is 3. The second-order valence-electron chi connectivity index (χ2n) is 5.22. The topological polar surface area (TPSA) is 59.5 Å². The highest BCUT2D eigenvalue weighted by molar-refractivity contribution is 5.49. The number of anilines is 2. The van der Waals surface area contributed by atoms with Gasteiger partial charge >= 0.3 is 0 Å². The molecule has 6 heteroatoms. The molecule has 0 spiro atoms. The van der Waals surface area contributed by atoms with E-state index in [1.165, 1.54) is 0 Å². The third-order valence-corrected chi connectivity index (χ3v) is 3.32. The van der Waals surface area contributed by atoms with E-state index in [0.29, 0.717) is 13.2 Å². The van der Waals surface area contributed by atoms with Gasteiger partial charge in [0, 0.05) is 32.3 Å². The van der Waals surface area contributed by atoms with Crippen molar-refractivity contribution in [3.05, 3.63) is 11.9 Å².